The molecule has 1 aliphatic heterocycles. The number of amides is 1. The molecule has 1 aliphatic carbocycles. The molecule has 0 radical (unpaired) electrons. The number of ether oxygens (including phenoxy) is 1. The summed E-state index contributed by atoms with van der Waals surface area (Å²) in [6.07, 6.45) is 1.04. The van der Waals surface area contributed by atoms with Gasteiger partial charge in [-0.15, -0.1) is 0 Å². The average molecular weight is 412 g/mol. The largest absolute Gasteiger partial charge is 0.464 e. The van der Waals surface area contributed by atoms with Crippen LogP contribution in [-0.2, 0) is 9.53 Å². The van der Waals surface area contributed by atoms with Crippen LogP contribution in [0.5, 0.6) is 0 Å². The molecule has 2 heterocycles. The number of methoxy groups -OCH3 is 1. The average Bonchev–Trinajstić information content (AvgIpc) is 2.67. The van der Waals surface area contributed by atoms with Crippen molar-refractivity contribution in [2.24, 2.45) is 11.1 Å². The van der Waals surface area contributed by atoms with Crippen LogP contribution in [0, 0.1) is 5.41 Å². The highest BCUT2D eigenvalue weighted by Crippen LogP contribution is 2.59. The summed E-state index contributed by atoms with van der Waals surface area (Å²) in [6.45, 7) is 6.20. The maximum Gasteiger partial charge on any atom is 0.356 e. The van der Waals surface area contributed by atoms with Crippen molar-refractivity contribution < 1.29 is 23.1 Å². The molecule has 29 heavy (non-hydrogen) atoms. The Morgan fingerprint density at radius 1 is 1.34 bits per heavy atom. The molecule has 2 fully saturated rings. The molecule has 1 aromatic heterocycles. The van der Waals surface area contributed by atoms with Crippen LogP contribution in [-0.4, -0.2) is 42.5 Å². The summed E-state index contributed by atoms with van der Waals surface area (Å²) in [5.41, 5.74) is 5.74. The van der Waals surface area contributed by atoms with E-state index in [0.717, 1.165) is 0 Å². The number of esters is 1. The van der Waals surface area contributed by atoms with Crippen LogP contribution < -0.4 is 16.4 Å². The van der Waals surface area contributed by atoms with Gasteiger partial charge >= 0.3 is 5.97 Å². The number of hydrogen-bond acceptors (Lipinski definition) is 6. The van der Waals surface area contributed by atoms with E-state index in [1.54, 1.807) is 13.0 Å². The van der Waals surface area contributed by atoms with Crippen molar-refractivity contribution in [1.82, 2.24) is 10.3 Å². The lowest BCUT2D eigenvalue weighted by molar-refractivity contribution is -0.174. The van der Waals surface area contributed by atoms with Gasteiger partial charge in [-0.25, -0.2) is 18.6 Å². The molecule has 0 bridgehead atoms. The topological polar surface area (TPSA) is 106 Å². The lowest BCUT2D eigenvalue weighted by Crippen LogP contribution is -2.52. The van der Waals surface area contributed by atoms with Gasteiger partial charge in [0.2, 0.25) is 11.8 Å². The molecule has 1 aromatic rings. The third-order valence-corrected chi connectivity index (χ3v) is 5.43. The Morgan fingerprint density at radius 3 is 2.55 bits per heavy atom. The van der Waals surface area contributed by atoms with Crippen molar-refractivity contribution in [1.29, 1.82) is 0 Å². The minimum Gasteiger partial charge on any atom is -0.464 e. The number of anilines is 1. The number of halogens is 2. The van der Waals surface area contributed by atoms with E-state index >= 15 is 0 Å². The Kier molecular flexibility index (Phi) is 7.15. The molecule has 2 unspecified atom stereocenters. The number of carbonyl (C=O) groups is 2. The molecule has 2 aliphatic rings. The Hall–Kier alpha value is -2.29. The van der Waals surface area contributed by atoms with E-state index in [0.29, 0.717) is 30.8 Å². The number of pyridine rings is 1. The first-order valence-corrected chi connectivity index (χ1v) is 9.91. The number of hydrogen-bond donors (Lipinski definition) is 3. The number of piperidine rings is 1. The van der Waals surface area contributed by atoms with Crippen molar-refractivity contribution in [3.05, 3.63) is 23.4 Å². The van der Waals surface area contributed by atoms with Gasteiger partial charge < -0.3 is 21.1 Å². The molecule has 1 amide bonds. The van der Waals surface area contributed by atoms with Crippen molar-refractivity contribution in [3.63, 3.8) is 0 Å². The molecule has 162 valence electrons. The summed E-state index contributed by atoms with van der Waals surface area (Å²) >= 11 is 0. The van der Waals surface area contributed by atoms with Crippen molar-refractivity contribution >= 4 is 17.7 Å². The van der Waals surface area contributed by atoms with Gasteiger partial charge in [0.25, 0.3) is 0 Å². The van der Waals surface area contributed by atoms with E-state index in [-0.39, 0.29) is 30.0 Å². The third-order valence-electron chi connectivity index (χ3n) is 5.43. The second-order valence-electron chi connectivity index (χ2n) is 7.56. The van der Waals surface area contributed by atoms with Crippen LogP contribution in [0.15, 0.2) is 12.1 Å². The minimum absolute atomic E-state index is 0.0844. The fourth-order valence-corrected chi connectivity index (χ4v) is 4.07. The predicted molar refractivity (Wildman–Crippen MR) is 106 cm³/mol. The highest BCUT2D eigenvalue weighted by molar-refractivity contribution is 5.88. The normalized spacial score (nSPS) is 22.5. The lowest BCUT2D eigenvalue weighted by atomic mass is 9.59. The van der Waals surface area contributed by atoms with E-state index in [2.05, 4.69) is 15.6 Å². The number of primary amides is 1. The molecular formula is C20H30F2N4O3. The zero-order chi connectivity index (χ0) is 21.8. The maximum absolute atomic E-state index is 13.5. The van der Waals surface area contributed by atoms with Crippen LogP contribution in [0.25, 0.3) is 0 Å². The van der Waals surface area contributed by atoms with E-state index in [4.69, 9.17) is 10.5 Å². The van der Waals surface area contributed by atoms with Crippen LogP contribution in [0.1, 0.15) is 68.5 Å². The van der Waals surface area contributed by atoms with Crippen LogP contribution in [0.4, 0.5) is 14.6 Å². The Balaban J connectivity index is 0.00000145. The summed E-state index contributed by atoms with van der Waals surface area (Å²) in [5, 5.41) is 6.26. The van der Waals surface area contributed by atoms with Gasteiger partial charge in [-0.3, -0.25) is 4.79 Å². The number of aromatic nitrogens is 1. The number of nitrogens with zero attached hydrogens (tertiary/aromatic N) is 1. The summed E-state index contributed by atoms with van der Waals surface area (Å²) in [6, 6.07) is 2.31. The second-order valence-corrected chi connectivity index (χ2v) is 7.56. The van der Waals surface area contributed by atoms with Crippen LogP contribution in [0.3, 0.4) is 0 Å². The van der Waals surface area contributed by atoms with Gasteiger partial charge in [-0.1, -0.05) is 19.9 Å². The monoisotopic (exact) mass is 412 g/mol. The summed E-state index contributed by atoms with van der Waals surface area (Å²) in [4.78, 5) is 27.5. The third kappa shape index (κ3) is 5.20. The summed E-state index contributed by atoms with van der Waals surface area (Å²) < 4.78 is 31.6. The van der Waals surface area contributed by atoms with Crippen molar-refractivity contribution in [2.75, 3.05) is 19.0 Å². The Labute approximate surface area is 169 Å². The molecule has 1 spiro atoms. The SMILES string of the molecule is CC.COC(=O)c1ccc(C2CC3(CCN2)CC(F)(F)C3)c(NC(C)C(N)=O)n1. The zero-order valence-electron chi connectivity index (χ0n) is 17.4. The fraction of sp³-hybridized carbons (Fsp3) is 0.650. The summed E-state index contributed by atoms with van der Waals surface area (Å²) in [5.74, 6) is -3.44. The van der Waals surface area contributed by atoms with Gasteiger partial charge in [0, 0.05) is 24.4 Å². The molecule has 0 aromatic carbocycles. The molecule has 4 N–H and O–H groups in total. The highest BCUT2D eigenvalue weighted by atomic mass is 19.3. The zero-order valence-corrected chi connectivity index (χ0v) is 17.4. The molecule has 2 atom stereocenters. The number of nitrogens with two attached hydrogens (primary N) is 1. The Morgan fingerprint density at radius 2 is 2.00 bits per heavy atom. The van der Waals surface area contributed by atoms with E-state index in [1.165, 1.54) is 13.2 Å². The minimum atomic E-state index is -2.59. The Bertz CT molecular complexity index is 749. The quantitative estimate of drug-likeness (QED) is 0.642. The molecule has 7 nitrogen and oxygen atoms in total. The number of rotatable bonds is 5. The van der Waals surface area contributed by atoms with Gasteiger partial charge in [-0.05, 0) is 37.8 Å². The smallest absolute Gasteiger partial charge is 0.356 e. The molecule has 1 saturated carbocycles. The van der Waals surface area contributed by atoms with Crippen LogP contribution >= 0.6 is 0 Å². The van der Waals surface area contributed by atoms with Crippen molar-refractivity contribution in [3.8, 4) is 0 Å². The molecule has 3 rings (SSSR count). The molecule has 9 heteroatoms. The molecule has 1 saturated heterocycles. The summed E-state index contributed by atoms with van der Waals surface area (Å²) in [7, 11) is 1.25. The fourth-order valence-electron chi connectivity index (χ4n) is 4.07. The molecular weight excluding hydrogens is 382 g/mol. The van der Waals surface area contributed by atoms with Gasteiger partial charge in [0.1, 0.15) is 11.9 Å². The second kappa shape index (κ2) is 9.02. The van der Waals surface area contributed by atoms with Gasteiger partial charge in [0.05, 0.1) is 7.11 Å². The lowest BCUT2D eigenvalue weighted by Gasteiger charge is -2.52. The maximum atomic E-state index is 13.5. The van der Waals surface area contributed by atoms with Crippen LogP contribution in [0.2, 0.25) is 0 Å². The first kappa shape index (κ1) is 23.0. The van der Waals surface area contributed by atoms with E-state index in [1.807, 2.05) is 13.8 Å². The van der Waals surface area contributed by atoms with E-state index in [9.17, 15) is 18.4 Å². The highest BCUT2D eigenvalue weighted by Gasteiger charge is 2.57. The van der Waals surface area contributed by atoms with E-state index < -0.39 is 23.8 Å². The van der Waals surface area contributed by atoms with Crippen molar-refractivity contribution in [2.45, 2.75) is 64.5 Å². The first-order valence-electron chi connectivity index (χ1n) is 9.91. The number of nitrogens with one attached hydrogen (secondary N) is 2. The van der Waals surface area contributed by atoms with Gasteiger partial charge in [0.15, 0.2) is 5.69 Å². The first-order chi connectivity index (χ1) is 13.6. The number of alkyl halides is 2. The van der Waals surface area contributed by atoms with Gasteiger partial charge in [-0.2, -0.15) is 0 Å². The number of carbonyl (C=O) groups excluding carboxylic acids is 2. The predicted octanol–water partition coefficient (Wildman–Crippen LogP) is 3.02. The standard InChI is InChI=1S/C18H24F2N4O3.C2H6/c1-10(14(21)25)23-15-11(3-4-12(24-15)16(26)27-2)13-7-17(5-6-22-13)8-18(19,20)9-17;1-2/h3-4,10,13,22H,5-9H2,1-2H3,(H2,21,25)(H,23,24);1-2H3.